The maximum absolute atomic E-state index is 11.2. The molecule has 1 saturated carbocycles. The maximum atomic E-state index is 11.2. The molecule has 3 aromatic carbocycles. The molecule has 0 bridgehead atoms. The van der Waals surface area contributed by atoms with Crippen LogP contribution in [0.3, 0.4) is 0 Å². The molecule has 3 N–H and O–H groups in total. The lowest BCUT2D eigenvalue weighted by Crippen LogP contribution is -2.31. The summed E-state index contributed by atoms with van der Waals surface area (Å²) >= 11 is 0. The van der Waals surface area contributed by atoms with Crippen LogP contribution in [0.2, 0.25) is 0 Å². The van der Waals surface area contributed by atoms with Crippen LogP contribution in [0.15, 0.2) is 66.7 Å². The van der Waals surface area contributed by atoms with Crippen LogP contribution >= 0.6 is 0 Å². The van der Waals surface area contributed by atoms with E-state index in [1.54, 1.807) is 0 Å². The molecule has 2 unspecified atom stereocenters. The molecular weight excluding hydrogens is 334 g/mol. The Hall–Kier alpha value is -2.85. The van der Waals surface area contributed by atoms with E-state index in [0.717, 1.165) is 31.5 Å². The number of nitrogens with zero attached hydrogens (tertiary/aromatic N) is 1. The van der Waals surface area contributed by atoms with Gasteiger partial charge in [-0.15, -0.1) is 0 Å². The first-order chi connectivity index (χ1) is 13.2. The molecule has 2 fully saturated rings. The SMILES string of the molecule is NC(=O)c1ccc(N2CC3C(C2)C3NCc2ccc3ccccc3c2)cc1. The largest absolute Gasteiger partial charge is 0.371 e. The summed E-state index contributed by atoms with van der Waals surface area (Å²) in [4.78, 5) is 13.6. The lowest BCUT2D eigenvalue weighted by molar-refractivity contribution is 0.100. The highest BCUT2D eigenvalue weighted by Gasteiger charge is 2.55. The minimum Gasteiger partial charge on any atom is -0.371 e. The molecule has 0 spiro atoms. The lowest BCUT2D eigenvalue weighted by atomic mass is 10.1. The van der Waals surface area contributed by atoms with Crippen LogP contribution < -0.4 is 16.0 Å². The van der Waals surface area contributed by atoms with Gasteiger partial charge in [0.15, 0.2) is 0 Å². The Labute approximate surface area is 159 Å². The molecule has 5 rings (SSSR count). The van der Waals surface area contributed by atoms with Crippen molar-refractivity contribution in [3.8, 4) is 0 Å². The highest BCUT2D eigenvalue weighted by Crippen LogP contribution is 2.46. The van der Waals surface area contributed by atoms with Crippen molar-refractivity contribution in [3.63, 3.8) is 0 Å². The Balaban J connectivity index is 1.17. The summed E-state index contributed by atoms with van der Waals surface area (Å²) in [6, 6.07) is 23.5. The summed E-state index contributed by atoms with van der Waals surface area (Å²) in [6.45, 7) is 3.09. The van der Waals surface area contributed by atoms with Gasteiger partial charge in [0.25, 0.3) is 0 Å². The maximum Gasteiger partial charge on any atom is 0.248 e. The fourth-order valence-electron chi connectivity index (χ4n) is 4.46. The molecule has 1 heterocycles. The number of hydrogen-bond donors (Lipinski definition) is 2. The number of benzene rings is 3. The second-order valence-electron chi connectivity index (χ2n) is 7.73. The summed E-state index contributed by atoms with van der Waals surface area (Å²) in [5, 5.41) is 6.35. The molecule has 2 atom stereocenters. The quantitative estimate of drug-likeness (QED) is 0.737. The number of piperidine rings is 1. The van der Waals surface area contributed by atoms with Gasteiger partial charge in [0, 0.05) is 36.9 Å². The monoisotopic (exact) mass is 357 g/mol. The van der Waals surface area contributed by atoms with Crippen molar-refractivity contribution in [1.29, 1.82) is 0 Å². The minimum absolute atomic E-state index is 0.372. The number of carbonyl (C=O) groups is 1. The molecule has 0 aromatic heterocycles. The van der Waals surface area contributed by atoms with Gasteiger partial charge in [-0.3, -0.25) is 4.79 Å². The third-order valence-corrected chi connectivity index (χ3v) is 6.07. The predicted octanol–water partition coefficient (Wildman–Crippen LogP) is 3.16. The Morgan fingerprint density at radius 3 is 2.37 bits per heavy atom. The first-order valence-electron chi connectivity index (χ1n) is 9.55. The van der Waals surface area contributed by atoms with E-state index in [1.807, 2.05) is 24.3 Å². The zero-order valence-electron chi connectivity index (χ0n) is 15.1. The summed E-state index contributed by atoms with van der Waals surface area (Å²) in [5.41, 5.74) is 8.41. The van der Waals surface area contributed by atoms with Crippen LogP contribution in [-0.2, 0) is 6.54 Å². The third kappa shape index (κ3) is 3.06. The molecule has 1 saturated heterocycles. The minimum atomic E-state index is -0.372. The number of amides is 1. The van der Waals surface area contributed by atoms with Crippen molar-refractivity contribution in [2.24, 2.45) is 17.6 Å². The van der Waals surface area contributed by atoms with Gasteiger partial charge in [-0.2, -0.15) is 0 Å². The smallest absolute Gasteiger partial charge is 0.248 e. The van der Waals surface area contributed by atoms with E-state index in [9.17, 15) is 4.79 Å². The summed E-state index contributed by atoms with van der Waals surface area (Å²) in [6.07, 6.45) is 0. The van der Waals surface area contributed by atoms with E-state index >= 15 is 0 Å². The van der Waals surface area contributed by atoms with Crippen molar-refractivity contribution < 1.29 is 4.79 Å². The Kier molecular flexibility index (Phi) is 3.87. The van der Waals surface area contributed by atoms with Crippen LogP contribution in [0.1, 0.15) is 15.9 Å². The molecule has 1 aliphatic carbocycles. The number of nitrogens with one attached hydrogen (secondary N) is 1. The molecular formula is C23H23N3O. The number of hydrogen-bond acceptors (Lipinski definition) is 3. The van der Waals surface area contributed by atoms with Crippen LogP contribution in [0.4, 0.5) is 5.69 Å². The number of primary amides is 1. The first-order valence-corrected chi connectivity index (χ1v) is 9.55. The number of nitrogens with two attached hydrogens (primary N) is 1. The topological polar surface area (TPSA) is 58.4 Å². The zero-order valence-corrected chi connectivity index (χ0v) is 15.1. The molecule has 4 nitrogen and oxygen atoms in total. The van der Waals surface area contributed by atoms with Crippen molar-refractivity contribution in [2.45, 2.75) is 12.6 Å². The fourth-order valence-corrected chi connectivity index (χ4v) is 4.46. The molecule has 136 valence electrons. The van der Waals surface area contributed by atoms with Gasteiger partial charge < -0.3 is 16.0 Å². The highest BCUT2D eigenvalue weighted by atomic mass is 16.1. The second kappa shape index (κ2) is 6.39. The van der Waals surface area contributed by atoms with E-state index in [2.05, 4.69) is 52.7 Å². The zero-order chi connectivity index (χ0) is 18.4. The molecule has 2 aliphatic rings. The summed E-state index contributed by atoms with van der Waals surface area (Å²) in [5.74, 6) is 1.08. The van der Waals surface area contributed by atoms with Crippen molar-refractivity contribution >= 4 is 22.4 Å². The van der Waals surface area contributed by atoms with Crippen LogP contribution in [-0.4, -0.2) is 25.0 Å². The van der Waals surface area contributed by atoms with Crippen molar-refractivity contribution in [1.82, 2.24) is 5.32 Å². The Bertz CT molecular complexity index is 986. The number of anilines is 1. The van der Waals surface area contributed by atoms with Gasteiger partial charge in [-0.05, 0) is 58.5 Å². The van der Waals surface area contributed by atoms with Gasteiger partial charge in [-0.1, -0.05) is 36.4 Å². The van der Waals surface area contributed by atoms with Crippen molar-refractivity contribution in [2.75, 3.05) is 18.0 Å². The molecule has 3 aromatic rings. The van der Waals surface area contributed by atoms with E-state index in [-0.39, 0.29) is 5.91 Å². The Morgan fingerprint density at radius 1 is 0.963 bits per heavy atom. The van der Waals surface area contributed by atoms with Gasteiger partial charge in [0.1, 0.15) is 0 Å². The van der Waals surface area contributed by atoms with Gasteiger partial charge in [-0.25, -0.2) is 0 Å². The standard InChI is InChI=1S/C23H23N3O/c24-23(27)17-7-9-19(10-8-17)26-13-20-21(14-26)22(20)25-12-15-5-6-16-3-1-2-4-18(16)11-15/h1-11,20-22,25H,12-14H2,(H2,24,27). The van der Waals surface area contributed by atoms with Crippen LogP contribution in [0, 0.1) is 11.8 Å². The highest BCUT2D eigenvalue weighted by molar-refractivity contribution is 5.93. The first kappa shape index (κ1) is 16.3. The molecule has 0 radical (unpaired) electrons. The van der Waals surface area contributed by atoms with E-state index in [1.165, 1.54) is 22.0 Å². The molecule has 27 heavy (non-hydrogen) atoms. The van der Waals surface area contributed by atoms with E-state index in [0.29, 0.717) is 11.6 Å². The molecule has 1 amide bonds. The lowest BCUT2D eigenvalue weighted by Gasteiger charge is -2.22. The van der Waals surface area contributed by atoms with Gasteiger partial charge in [0.2, 0.25) is 5.91 Å². The number of fused-ring (bicyclic) bond motifs is 2. The molecule has 4 heteroatoms. The van der Waals surface area contributed by atoms with Crippen molar-refractivity contribution in [3.05, 3.63) is 77.9 Å². The number of carbonyl (C=O) groups excluding carboxylic acids is 1. The summed E-state index contributed by atoms with van der Waals surface area (Å²) < 4.78 is 0. The number of rotatable bonds is 5. The predicted molar refractivity (Wildman–Crippen MR) is 109 cm³/mol. The summed E-state index contributed by atoms with van der Waals surface area (Å²) in [7, 11) is 0. The van der Waals surface area contributed by atoms with E-state index < -0.39 is 0 Å². The fraction of sp³-hybridized carbons (Fsp3) is 0.261. The average Bonchev–Trinajstić information content (AvgIpc) is 3.15. The van der Waals surface area contributed by atoms with Gasteiger partial charge in [0.05, 0.1) is 0 Å². The average molecular weight is 357 g/mol. The second-order valence-corrected chi connectivity index (χ2v) is 7.73. The van der Waals surface area contributed by atoms with Crippen LogP contribution in [0.25, 0.3) is 10.8 Å². The Morgan fingerprint density at radius 2 is 1.67 bits per heavy atom. The van der Waals surface area contributed by atoms with E-state index in [4.69, 9.17) is 5.73 Å². The normalized spacial score (nSPS) is 23.4. The van der Waals surface area contributed by atoms with Crippen LogP contribution in [0.5, 0.6) is 0 Å². The molecule has 1 aliphatic heterocycles. The van der Waals surface area contributed by atoms with Gasteiger partial charge >= 0.3 is 0 Å². The third-order valence-electron chi connectivity index (χ3n) is 6.07.